The molecule has 8 heteroatoms. The van der Waals surface area contributed by atoms with E-state index in [0.29, 0.717) is 33.6 Å². The number of halogens is 1. The highest BCUT2D eigenvalue weighted by molar-refractivity contribution is 9.10. The largest absolute Gasteiger partial charge is 0.493 e. The summed E-state index contributed by atoms with van der Waals surface area (Å²) in [5, 5.41) is 2.82. The van der Waals surface area contributed by atoms with Crippen LogP contribution >= 0.6 is 15.9 Å². The summed E-state index contributed by atoms with van der Waals surface area (Å²) in [6.07, 6.45) is 0. The average Bonchev–Trinajstić information content (AvgIpc) is 2.83. The minimum absolute atomic E-state index is 0.00833. The van der Waals surface area contributed by atoms with Gasteiger partial charge in [0.2, 0.25) is 0 Å². The highest BCUT2D eigenvalue weighted by atomic mass is 79.9. The fraction of sp³-hybridized carbons (Fsp3) is 0.222. The molecule has 0 spiro atoms. The zero-order valence-corrected chi connectivity index (χ0v) is 21.7. The second-order valence-corrected chi connectivity index (χ2v) is 9.76. The second-order valence-electron chi connectivity index (χ2n) is 8.84. The molecule has 0 saturated heterocycles. The van der Waals surface area contributed by atoms with Gasteiger partial charge in [-0.25, -0.2) is 0 Å². The Balaban J connectivity index is 1.59. The summed E-state index contributed by atoms with van der Waals surface area (Å²) in [6, 6.07) is 18.9. The molecule has 182 valence electrons. The second kappa shape index (κ2) is 11.2. The molecule has 0 fully saturated rings. The lowest BCUT2D eigenvalue weighted by molar-refractivity contribution is 0.0844. The van der Waals surface area contributed by atoms with Crippen LogP contribution in [-0.4, -0.2) is 24.3 Å². The van der Waals surface area contributed by atoms with Crippen LogP contribution in [-0.2, 0) is 5.41 Å². The highest BCUT2D eigenvalue weighted by Gasteiger charge is 2.16. The maximum absolute atomic E-state index is 12.6. The third-order valence-corrected chi connectivity index (χ3v) is 5.69. The molecule has 0 unspecified atom stereocenters. The number of benzene rings is 3. The van der Waals surface area contributed by atoms with Crippen LogP contribution in [0.2, 0.25) is 0 Å². The number of carbonyl (C=O) groups excluding carboxylic acids is 3. The molecule has 0 aliphatic rings. The van der Waals surface area contributed by atoms with Crippen molar-refractivity contribution in [1.29, 1.82) is 0 Å². The lowest BCUT2D eigenvalue weighted by Gasteiger charge is -2.19. The van der Waals surface area contributed by atoms with E-state index in [2.05, 4.69) is 52.9 Å². The van der Waals surface area contributed by atoms with Gasteiger partial charge in [0.25, 0.3) is 17.7 Å². The Morgan fingerprint density at radius 3 is 1.97 bits per heavy atom. The van der Waals surface area contributed by atoms with Crippen molar-refractivity contribution in [3.8, 4) is 5.75 Å². The zero-order valence-electron chi connectivity index (χ0n) is 20.1. The number of carbonyl (C=O) groups is 3. The van der Waals surface area contributed by atoms with E-state index in [1.54, 1.807) is 54.6 Å². The van der Waals surface area contributed by atoms with Crippen molar-refractivity contribution in [2.45, 2.75) is 33.1 Å². The first-order valence-corrected chi connectivity index (χ1v) is 11.9. The lowest BCUT2D eigenvalue weighted by Crippen LogP contribution is -2.41. The third-order valence-electron chi connectivity index (χ3n) is 5.19. The van der Waals surface area contributed by atoms with E-state index in [1.807, 2.05) is 19.1 Å². The maximum atomic E-state index is 12.6. The van der Waals surface area contributed by atoms with Crippen molar-refractivity contribution in [3.05, 3.63) is 93.5 Å². The number of ether oxygens (including phenoxy) is 1. The van der Waals surface area contributed by atoms with Crippen LogP contribution in [0.1, 0.15) is 64.3 Å². The van der Waals surface area contributed by atoms with E-state index < -0.39 is 11.8 Å². The van der Waals surface area contributed by atoms with Gasteiger partial charge in [-0.2, -0.15) is 0 Å². The molecule has 0 radical (unpaired) electrons. The van der Waals surface area contributed by atoms with Crippen molar-refractivity contribution < 1.29 is 19.1 Å². The Kier molecular flexibility index (Phi) is 8.30. The predicted molar refractivity (Wildman–Crippen MR) is 140 cm³/mol. The smallest absolute Gasteiger partial charge is 0.273 e. The molecule has 3 rings (SSSR count). The van der Waals surface area contributed by atoms with E-state index in [0.717, 1.165) is 5.56 Å². The minimum Gasteiger partial charge on any atom is -0.493 e. The SMILES string of the molecule is CCOc1ccc(Br)cc1C(=O)NNC(=O)c1ccc(NC(=O)c2ccc(C(C)(C)C)cc2)cc1. The van der Waals surface area contributed by atoms with Gasteiger partial charge in [0.05, 0.1) is 12.2 Å². The first-order valence-electron chi connectivity index (χ1n) is 11.1. The molecule has 0 bridgehead atoms. The first kappa shape index (κ1) is 26.0. The fourth-order valence-corrected chi connectivity index (χ4v) is 3.60. The Morgan fingerprint density at radius 1 is 0.800 bits per heavy atom. The fourth-order valence-electron chi connectivity index (χ4n) is 3.24. The van der Waals surface area contributed by atoms with Crippen LogP contribution in [0.5, 0.6) is 5.75 Å². The highest BCUT2D eigenvalue weighted by Crippen LogP contribution is 2.24. The van der Waals surface area contributed by atoms with Crippen molar-refractivity contribution in [2.24, 2.45) is 0 Å². The number of nitrogens with one attached hydrogen (secondary N) is 3. The maximum Gasteiger partial charge on any atom is 0.273 e. The number of hydrazine groups is 1. The van der Waals surface area contributed by atoms with Crippen LogP contribution in [0.4, 0.5) is 5.69 Å². The number of hydrogen-bond acceptors (Lipinski definition) is 4. The van der Waals surface area contributed by atoms with Gasteiger partial charge in [-0.1, -0.05) is 48.8 Å². The molecule has 0 aromatic heterocycles. The average molecular weight is 538 g/mol. The topological polar surface area (TPSA) is 96.5 Å². The van der Waals surface area contributed by atoms with E-state index in [4.69, 9.17) is 4.74 Å². The lowest BCUT2D eigenvalue weighted by atomic mass is 9.87. The minimum atomic E-state index is -0.510. The van der Waals surface area contributed by atoms with Crippen LogP contribution in [0.25, 0.3) is 0 Å². The number of rotatable bonds is 6. The van der Waals surface area contributed by atoms with Gasteiger partial charge >= 0.3 is 0 Å². The Labute approximate surface area is 213 Å². The van der Waals surface area contributed by atoms with Crippen molar-refractivity contribution in [3.63, 3.8) is 0 Å². The Bertz CT molecular complexity index is 1220. The van der Waals surface area contributed by atoms with Gasteiger partial charge in [-0.3, -0.25) is 25.2 Å². The number of hydrogen-bond donors (Lipinski definition) is 3. The zero-order chi connectivity index (χ0) is 25.6. The molecule has 3 aromatic carbocycles. The molecule has 3 amide bonds. The first-order chi connectivity index (χ1) is 16.6. The van der Waals surface area contributed by atoms with Crippen molar-refractivity contribution in [1.82, 2.24) is 10.9 Å². The summed E-state index contributed by atoms with van der Waals surface area (Å²) in [6.45, 7) is 8.57. The summed E-state index contributed by atoms with van der Waals surface area (Å²) in [5.41, 5.74) is 7.64. The summed E-state index contributed by atoms with van der Waals surface area (Å²) in [7, 11) is 0. The molecule has 0 saturated carbocycles. The van der Waals surface area contributed by atoms with Crippen molar-refractivity contribution >= 4 is 39.3 Å². The van der Waals surface area contributed by atoms with Gasteiger partial charge in [0, 0.05) is 21.3 Å². The molecular formula is C27H28BrN3O4. The molecule has 3 N–H and O–H groups in total. The van der Waals surface area contributed by atoms with Crippen LogP contribution < -0.4 is 20.9 Å². The number of amides is 3. The molecule has 0 heterocycles. The van der Waals surface area contributed by atoms with Crippen LogP contribution in [0.15, 0.2) is 71.2 Å². The van der Waals surface area contributed by atoms with Gasteiger partial charge in [-0.15, -0.1) is 0 Å². The Hall–Kier alpha value is -3.65. The quantitative estimate of drug-likeness (QED) is 0.363. The summed E-state index contributed by atoms with van der Waals surface area (Å²) >= 11 is 3.33. The molecule has 35 heavy (non-hydrogen) atoms. The molecule has 0 atom stereocenters. The monoisotopic (exact) mass is 537 g/mol. The van der Waals surface area contributed by atoms with Crippen LogP contribution in [0, 0.1) is 0 Å². The molecular weight excluding hydrogens is 510 g/mol. The van der Waals surface area contributed by atoms with E-state index >= 15 is 0 Å². The predicted octanol–water partition coefficient (Wildman–Crippen LogP) is 5.47. The van der Waals surface area contributed by atoms with Crippen molar-refractivity contribution in [2.75, 3.05) is 11.9 Å². The molecule has 7 nitrogen and oxygen atoms in total. The normalized spacial score (nSPS) is 10.9. The van der Waals surface area contributed by atoms with Gasteiger partial charge in [-0.05, 0) is 72.5 Å². The van der Waals surface area contributed by atoms with Gasteiger partial charge in [0.15, 0.2) is 0 Å². The van der Waals surface area contributed by atoms with Gasteiger partial charge in [0.1, 0.15) is 5.75 Å². The summed E-state index contributed by atoms with van der Waals surface area (Å²) in [5.74, 6) is -0.837. The van der Waals surface area contributed by atoms with E-state index in [-0.39, 0.29) is 16.9 Å². The summed E-state index contributed by atoms with van der Waals surface area (Å²) < 4.78 is 6.18. The summed E-state index contributed by atoms with van der Waals surface area (Å²) in [4.78, 5) is 37.6. The van der Waals surface area contributed by atoms with E-state index in [1.165, 1.54) is 0 Å². The molecule has 0 aliphatic heterocycles. The Morgan fingerprint density at radius 2 is 1.37 bits per heavy atom. The number of anilines is 1. The molecule has 3 aromatic rings. The third kappa shape index (κ3) is 6.93. The molecule has 0 aliphatic carbocycles. The van der Waals surface area contributed by atoms with E-state index in [9.17, 15) is 14.4 Å². The van der Waals surface area contributed by atoms with Gasteiger partial charge < -0.3 is 10.1 Å². The standard InChI is InChI=1S/C27H28BrN3O4/c1-5-35-23-15-12-20(28)16-22(23)26(34)31-30-25(33)18-8-13-21(14-9-18)29-24(32)17-6-10-19(11-7-17)27(2,3)4/h6-16H,5H2,1-4H3,(H,29,32)(H,30,33)(H,31,34). The van der Waals surface area contributed by atoms with Crippen LogP contribution in [0.3, 0.4) is 0 Å².